The predicted molar refractivity (Wildman–Crippen MR) is 74.1 cm³/mol. The van der Waals surface area contributed by atoms with Gasteiger partial charge >= 0.3 is 0 Å². The number of carbonyl (C=O) groups excluding carboxylic acids is 2. The molecule has 2 amide bonds. The number of nitrogens with zero attached hydrogens (tertiary/aromatic N) is 1. The molecule has 1 saturated heterocycles. The molecule has 6 heteroatoms. The molecule has 108 valence electrons. The first-order valence-electron chi connectivity index (χ1n) is 6.59. The van der Waals surface area contributed by atoms with Crippen molar-refractivity contribution in [1.82, 2.24) is 15.2 Å². The fraction of sp³-hybridized carbons (Fsp3) is 0.500. The van der Waals surface area contributed by atoms with Gasteiger partial charge in [0.2, 0.25) is 11.8 Å². The van der Waals surface area contributed by atoms with Gasteiger partial charge in [0.05, 0.1) is 5.92 Å². The summed E-state index contributed by atoms with van der Waals surface area (Å²) in [6.07, 6.45) is 0.242. The van der Waals surface area contributed by atoms with Gasteiger partial charge in [0.25, 0.3) is 5.56 Å². The molecule has 0 spiro atoms. The minimum Gasteiger partial charge on any atom is -0.351 e. The molecule has 1 fully saturated rings. The van der Waals surface area contributed by atoms with Crippen LogP contribution in [0, 0.1) is 19.8 Å². The van der Waals surface area contributed by atoms with E-state index in [1.54, 1.807) is 11.9 Å². The van der Waals surface area contributed by atoms with Crippen molar-refractivity contribution in [3.63, 3.8) is 0 Å². The number of pyridine rings is 1. The summed E-state index contributed by atoms with van der Waals surface area (Å²) in [7, 11) is 1.68. The molecule has 1 aliphatic heterocycles. The van der Waals surface area contributed by atoms with Gasteiger partial charge in [0.15, 0.2) is 0 Å². The summed E-state index contributed by atoms with van der Waals surface area (Å²) in [4.78, 5) is 39.5. The molecule has 6 nitrogen and oxygen atoms in total. The third kappa shape index (κ3) is 2.89. The first-order chi connectivity index (χ1) is 9.38. The molecule has 0 radical (unpaired) electrons. The number of rotatable bonds is 3. The molecule has 2 rings (SSSR count). The van der Waals surface area contributed by atoms with Crippen molar-refractivity contribution in [1.29, 1.82) is 0 Å². The van der Waals surface area contributed by atoms with Crippen LogP contribution in [0.1, 0.15) is 23.2 Å². The first-order valence-corrected chi connectivity index (χ1v) is 6.59. The average Bonchev–Trinajstić information content (AvgIpc) is 2.68. The fourth-order valence-corrected chi connectivity index (χ4v) is 2.46. The standard InChI is InChI=1S/C14H19N3O3/c1-8-4-9(2)16-14(20)11(8)6-15-13(19)10-5-12(18)17(3)7-10/h4,10H,5-7H2,1-3H3,(H,15,19)(H,16,20)/t10-/m0/s1. The summed E-state index contributed by atoms with van der Waals surface area (Å²) in [6, 6.07) is 1.87. The molecule has 2 heterocycles. The highest BCUT2D eigenvalue weighted by atomic mass is 16.2. The lowest BCUT2D eigenvalue weighted by Gasteiger charge is -2.12. The summed E-state index contributed by atoms with van der Waals surface area (Å²) in [5.41, 5.74) is 2.03. The molecule has 2 N–H and O–H groups in total. The van der Waals surface area contributed by atoms with Crippen LogP contribution in [0.15, 0.2) is 10.9 Å². The van der Waals surface area contributed by atoms with Gasteiger partial charge in [0, 0.05) is 37.8 Å². The zero-order chi connectivity index (χ0) is 14.9. The first kappa shape index (κ1) is 14.3. The molecular formula is C14H19N3O3. The summed E-state index contributed by atoms with van der Waals surface area (Å²) in [5, 5.41) is 2.75. The van der Waals surface area contributed by atoms with E-state index in [4.69, 9.17) is 0 Å². The minimum atomic E-state index is -0.322. The van der Waals surface area contributed by atoms with Crippen molar-refractivity contribution in [2.45, 2.75) is 26.8 Å². The number of aromatic amines is 1. The highest BCUT2D eigenvalue weighted by Gasteiger charge is 2.31. The Morgan fingerprint density at radius 2 is 2.15 bits per heavy atom. The maximum absolute atomic E-state index is 12.0. The minimum absolute atomic E-state index is 0.0190. The second-order valence-corrected chi connectivity index (χ2v) is 5.34. The van der Waals surface area contributed by atoms with Crippen molar-refractivity contribution >= 4 is 11.8 Å². The summed E-state index contributed by atoms with van der Waals surface area (Å²) in [6.45, 7) is 4.29. The predicted octanol–water partition coefficient (Wildman–Crippen LogP) is 0.0862. The molecule has 20 heavy (non-hydrogen) atoms. The number of carbonyl (C=O) groups is 2. The molecule has 1 aliphatic rings. The van der Waals surface area contributed by atoms with E-state index in [1.165, 1.54) is 0 Å². The van der Waals surface area contributed by atoms with Crippen LogP contribution in [0.2, 0.25) is 0 Å². The topological polar surface area (TPSA) is 82.3 Å². The zero-order valence-electron chi connectivity index (χ0n) is 11.9. The molecule has 1 aromatic heterocycles. The van der Waals surface area contributed by atoms with Gasteiger partial charge < -0.3 is 15.2 Å². The Morgan fingerprint density at radius 3 is 2.70 bits per heavy atom. The SMILES string of the molecule is Cc1cc(C)c(CNC(=O)[C@H]2CC(=O)N(C)C2)c(=O)[nH]1. The molecule has 0 aliphatic carbocycles. The van der Waals surface area contributed by atoms with Crippen LogP contribution in [0.3, 0.4) is 0 Å². The highest BCUT2D eigenvalue weighted by molar-refractivity contribution is 5.89. The van der Waals surface area contributed by atoms with Crippen LogP contribution >= 0.6 is 0 Å². The number of aryl methyl sites for hydroxylation is 2. The van der Waals surface area contributed by atoms with Crippen molar-refractivity contribution in [2.75, 3.05) is 13.6 Å². The van der Waals surface area contributed by atoms with Crippen molar-refractivity contribution in [2.24, 2.45) is 5.92 Å². The number of aromatic nitrogens is 1. The normalized spacial score (nSPS) is 18.4. The van der Waals surface area contributed by atoms with Gasteiger partial charge in [-0.1, -0.05) is 0 Å². The van der Waals surface area contributed by atoms with E-state index in [1.807, 2.05) is 19.9 Å². The van der Waals surface area contributed by atoms with Gasteiger partial charge in [-0.2, -0.15) is 0 Å². The van der Waals surface area contributed by atoms with E-state index < -0.39 is 0 Å². The Bertz CT molecular complexity index is 606. The Balaban J connectivity index is 2.01. The van der Waals surface area contributed by atoms with Crippen LogP contribution < -0.4 is 10.9 Å². The van der Waals surface area contributed by atoms with Gasteiger partial charge in [-0.15, -0.1) is 0 Å². The second-order valence-electron chi connectivity index (χ2n) is 5.34. The molecule has 0 bridgehead atoms. The molecule has 1 atom stereocenters. The maximum Gasteiger partial charge on any atom is 0.253 e. The average molecular weight is 277 g/mol. The lowest BCUT2D eigenvalue weighted by atomic mass is 10.1. The van der Waals surface area contributed by atoms with E-state index in [0.29, 0.717) is 12.1 Å². The van der Waals surface area contributed by atoms with Crippen LogP contribution in [-0.2, 0) is 16.1 Å². The van der Waals surface area contributed by atoms with Gasteiger partial charge in [0.1, 0.15) is 0 Å². The third-order valence-corrected chi connectivity index (χ3v) is 3.65. The van der Waals surface area contributed by atoms with E-state index in [0.717, 1.165) is 11.3 Å². The molecule has 0 unspecified atom stereocenters. The quantitative estimate of drug-likeness (QED) is 0.821. The van der Waals surface area contributed by atoms with Crippen LogP contribution in [0.5, 0.6) is 0 Å². The third-order valence-electron chi connectivity index (χ3n) is 3.65. The zero-order valence-corrected chi connectivity index (χ0v) is 11.9. The van der Waals surface area contributed by atoms with Gasteiger partial charge in [-0.25, -0.2) is 0 Å². The van der Waals surface area contributed by atoms with Crippen molar-refractivity contribution in [3.8, 4) is 0 Å². The number of H-pyrrole nitrogens is 1. The number of amides is 2. The Morgan fingerprint density at radius 1 is 1.45 bits per heavy atom. The lowest BCUT2D eigenvalue weighted by Crippen LogP contribution is -2.33. The highest BCUT2D eigenvalue weighted by Crippen LogP contribution is 2.16. The Hall–Kier alpha value is -2.11. The van der Waals surface area contributed by atoms with Crippen LogP contribution in [-0.4, -0.2) is 35.3 Å². The van der Waals surface area contributed by atoms with E-state index in [9.17, 15) is 14.4 Å². The van der Waals surface area contributed by atoms with Crippen LogP contribution in [0.4, 0.5) is 0 Å². The molecule has 0 aromatic carbocycles. The second kappa shape index (κ2) is 5.48. The number of likely N-dealkylation sites (tertiary alicyclic amines) is 1. The number of hydrogen-bond acceptors (Lipinski definition) is 3. The number of nitrogens with one attached hydrogen (secondary N) is 2. The maximum atomic E-state index is 12.0. The Kier molecular flexibility index (Phi) is 3.92. The summed E-state index contributed by atoms with van der Waals surface area (Å²) in [5.74, 6) is -0.520. The summed E-state index contributed by atoms with van der Waals surface area (Å²) >= 11 is 0. The van der Waals surface area contributed by atoms with E-state index in [-0.39, 0.29) is 36.3 Å². The lowest BCUT2D eigenvalue weighted by molar-refractivity contribution is -0.128. The van der Waals surface area contributed by atoms with E-state index >= 15 is 0 Å². The fourth-order valence-electron chi connectivity index (χ4n) is 2.46. The van der Waals surface area contributed by atoms with E-state index in [2.05, 4.69) is 10.3 Å². The van der Waals surface area contributed by atoms with Gasteiger partial charge in [-0.3, -0.25) is 14.4 Å². The van der Waals surface area contributed by atoms with Crippen molar-refractivity contribution in [3.05, 3.63) is 33.2 Å². The largest absolute Gasteiger partial charge is 0.351 e. The molecule has 1 aromatic rings. The van der Waals surface area contributed by atoms with Gasteiger partial charge in [-0.05, 0) is 25.5 Å². The smallest absolute Gasteiger partial charge is 0.253 e. The molecule has 0 saturated carbocycles. The number of hydrogen-bond donors (Lipinski definition) is 2. The summed E-state index contributed by atoms with van der Waals surface area (Å²) < 4.78 is 0. The van der Waals surface area contributed by atoms with Crippen LogP contribution in [0.25, 0.3) is 0 Å². The van der Waals surface area contributed by atoms with Crippen molar-refractivity contribution < 1.29 is 9.59 Å². The Labute approximate surface area is 117 Å². The molecular weight excluding hydrogens is 258 g/mol. The monoisotopic (exact) mass is 277 g/mol.